The van der Waals surface area contributed by atoms with E-state index in [1.807, 2.05) is 32.0 Å². The first-order valence-corrected chi connectivity index (χ1v) is 5.98. The SMILES string of the molecule is CCNC(=O)c1c(C)[nH]c2ccc(Br)cc12. The van der Waals surface area contributed by atoms with Gasteiger partial charge in [-0.15, -0.1) is 0 Å². The summed E-state index contributed by atoms with van der Waals surface area (Å²) in [7, 11) is 0. The first kappa shape index (κ1) is 11.2. The first-order chi connectivity index (χ1) is 7.63. The number of hydrogen-bond acceptors (Lipinski definition) is 1. The number of hydrogen-bond donors (Lipinski definition) is 2. The molecular formula is C12H13BrN2O. The van der Waals surface area contributed by atoms with Crippen LogP contribution in [0, 0.1) is 6.92 Å². The highest BCUT2D eigenvalue weighted by Gasteiger charge is 2.15. The van der Waals surface area contributed by atoms with Crippen molar-refractivity contribution >= 4 is 32.7 Å². The number of amides is 1. The summed E-state index contributed by atoms with van der Waals surface area (Å²) in [6, 6.07) is 5.89. The van der Waals surface area contributed by atoms with Crippen LogP contribution in [0.5, 0.6) is 0 Å². The van der Waals surface area contributed by atoms with Crippen LogP contribution in [0.4, 0.5) is 0 Å². The summed E-state index contributed by atoms with van der Waals surface area (Å²) in [5.74, 6) is -0.0237. The van der Waals surface area contributed by atoms with E-state index in [0.29, 0.717) is 6.54 Å². The molecule has 0 radical (unpaired) electrons. The van der Waals surface area contributed by atoms with Crippen LogP contribution < -0.4 is 5.32 Å². The maximum absolute atomic E-state index is 11.9. The molecule has 2 N–H and O–H groups in total. The predicted molar refractivity (Wildman–Crippen MR) is 68.7 cm³/mol. The average molecular weight is 281 g/mol. The summed E-state index contributed by atoms with van der Waals surface area (Å²) in [5.41, 5.74) is 2.62. The molecule has 0 aliphatic rings. The van der Waals surface area contributed by atoms with Gasteiger partial charge in [0.1, 0.15) is 0 Å². The fourth-order valence-electron chi connectivity index (χ4n) is 1.84. The fourth-order valence-corrected chi connectivity index (χ4v) is 2.20. The third-order valence-corrected chi connectivity index (χ3v) is 3.01. The van der Waals surface area contributed by atoms with Gasteiger partial charge in [-0.25, -0.2) is 0 Å². The Morgan fingerprint density at radius 3 is 2.94 bits per heavy atom. The van der Waals surface area contributed by atoms with Crippen molar-refractivity contribution in [3.63, 3.8) is 0 Å². The van der Waals surface area contributed by atoms with Gasteiger partial charge in [0.15, 0.2) is 0 Å². The zero-order chi connectivity index (χ0) is 11.7. The molecule has 3 nitrogen and oxygen atoms in total. The van der Waals surface area contributed by atoms with Crippen molar-refractivity contribution in [3.8, 4) is 0 Å². The van der Waals surface area contributed by atoms with E-state index < -0.39 is 0 Å². The van der Waals surface area contributed by atoms with Crippen LogP contribution >= 0.6 is 15.9 Å². The summed E-state index contributed by atoms with van der Waals surface area (Å²) in [6.45, 7) is 4.47. The van der Waals surface area contributed by atoms with Gasteiger partial charge in [0.2, 0.25) is 0 Å². The second kappa shape index (κ2) is 4.29. The third-order valence-electron chi connectivity index (χ3n) is 2.51. The van der Waals surface area contributed by atoms with E-state index in [1.54, 1.807) is 0 Å². The highest BCUT2D eigenvalue weighted by atomic mass is 79.9. The molecule has 1 aromatic heterocycles. The number of aryl methyl sites for hydroxylation is 1. The quantitative estimate of drug-likeness (QED) is 0.873. The number of halogens is 1. The third kappa shape index (κ3) is 1.85. The Morgan fingerprint density at radius 1 is 1.50 bits per heavy atom. The van der Waals surface area contributed by atoms with E-state index in [1.165, 1.54) is 0 Å². The number of rotatable bonds is 2. The molecule has 84 valence electrons. The van der Waals surface area contributed by atoms with Crippen molar-refractivity contribution in [1.82, 2.24) is 10.3 Å². The highest BCUT2D eigenvalue weighted by molar-refractivity contribution is 9.10. The molecule has 0 aliphatic carbocycles. The summed E-state index contributed by atoms with van der Waals surface area (Å²) >= 11 is 3.42. The number of carbonyl (C=O) groups is 1. The van der Waals surface area contributed by atoms with Gasteiger partial charge in [-0.2, -0.15) is 0 Å². The second-order valence-corrected chi connectivity index (χ2v) is 4.59. The van der Waals surface area contributed by atoms with Crippen LogP contribution in [0.3, 0.4) is 0 Å². The molecule has 4 heteroatoms. The Labute approximate surface area is 102 Å². The zero-order valence-corrected chi connectivity index (χ0v) is 10.8. The maximum atomic E-state index is 11.9. The lowest BCUT2D eigenvalue weighted by Gasteiger charge is -2.01. The molecule has 16 heavy (non-hydrogen) atoms. The number of H-pyrrole nitrogens is 1. The monoisotopic (exact) mass is 280 g/mol. The minimum Gasteiger partial charge on any atom is -0.358 e. The van der Waals surface area contributed by atoms with Crippen molar-refractivity contribution in [1.29, 1.82) is 0 Å². The van der Waals surface area contributed by atoms with Crippen LogP contribution in [0.15, 0.2) is 22.7 Å². The van der Waals surface area contributed by atoms with E-state index in [4.69, 9.17) is 0 Å². The summed E-state index contributed by atoms with van der Waals surface area (Å²) < 4.78 is 0.976. The Kier molecular flexibility index (Phi) is 3.01. The number of fused-ring (bicyclic) bond motifs is 1. The van der Waals surface area contributed by atoms with Gasteiger partial charge in [-0.05, 0) is 32.0 Å². The molecule has 0 saturated carbocycles. The van der Waals surface area contributed by atoms with Gasteiger partial charge in [-0.1, -0.05) is 15.9 Å². The molecule has 1 amide bonds. The normalized spacial score (nSPS) is 10.7. The lowest BCUT2D eigenvalue weighted by atomic mass is 10.1. The van der Waals surface area contributed by atoms with E-state index in [0.717, 1.165) is 26.6 Å². The van der Waals surface area contributed by atoms with Gasteiger partial charge >= 0.3 is 0 Å². The van der Waals surface area contributed by atoms with Gasteiger partial charge in [0.05, 0.1) is 5.56 Å². The van der Waals surface area contributed by atoms with Crippen molar-refractivity contribution in [2.75, 3.05) is 6.54 Å². The Balaban J connectivity index is 2.62. The van der Waals surface area contributed by atoms with Gasteiger partial charge < -0.3 is 10.3 Å². The molecule has 0 aliphatic heterocycles. The van der Waals surface area contributed by atoms with Gasteiger partial charge in [0, 0.05) is 27.6 Å². The van der Waals surface area contributed by atoms with Crippen LogP contribution in [0.2, 0.25) is 0 Å². The highest BCUT2D eigenvalue weighted by Crippen LogP contribution is 2.25. The van der Waals surface area contributed by atoms with Crippen molar-refractivity contribution in [2.45, 2.75) is 13.8 Å². The van der Waals surface area contributed by atoms with Crippen molar-refractivity contribution in [3.05, 3.63) is 33.9 Å². The second-order valence-electron chi connectivity index (χ2n) is 3.67. The summed E-state index contributed by atoms with van der Waals surface area (Å²) in [6.07, 6.45) is 0. The van der Waals surface area contributed by atoms with Crippen LogP contribution in [-0.2, 0) is 0 Å². The number of benzene rings is 1. The fraction of sp³-hybridized carbons (Fsp3) is 0.250. The molecule has 1 aromatic carbocycles. The topological polar surface area (TPSA) is 44.9 Å². The molecule has 0 atom stereocenters. The first-order valence-electron chi connectivity index (χ1n) is 5.19. The standard InChI is InChI=1S/C12H13BrN2O/c1-3-14-12(16)11-7(2)15-10-5-4-8(13)6-9(10)11/h4-6,15H,3H2,1-2H3,(H,14,16). The smallest absolute Gasteiger partial charge is 0.253 e. The Bertz CT molecular complexity index is 545. The molecule has 1 heterocycles. The minimum absolute atomic E-state index is 0.0237. The molecular weight excluding hydrogens is 268 g/mol. The minimum atomic E-state index is -0.0237. The van der Waals surface area contributed by atoms with Gasteiger partial charge in [0.25, 0.3) is 5.91 Å². The zero-order valence-electron chi connectivity index (χ0n) is 9.23. The molecule has 0 spiro atoms. The lowest BCUT2D eigenvalue weighted by molar-refractivity contribution is 0.0957. The van der Waals surface area contributed by atoms with Crippen LogP contribution in [-0.4, -0.2) is 17.4 Å². The van der Waals surface area contributed by atoms with Crippen molar-refractivity contribution < 1.29 is 4.79 Å². The molecule has 0 fully saturated rings. The molecule has 0 bridgehead atoms. The predicted octanol–water partition coefficient (Wildman–Crippen LogP) is 2.99. The Morgan fingerprint density at radius 2 is 2.25 bits per heavy atom. The van der Waals surface area contributed by atoms with Crippen molar-refractivity contribution in [2.24, 2.45) is 0 Å². The molecule has 2 rings (SSSR count). The van der Waals surface area contributed by atoms with Crippen LogP contribution in [0.25, 0.3) is 10.9 Å². The number of aromatic amines is 1. The number of carbonyl (C=O) groups excluding carboxylic acids is 1. The van der Waals surface area contributed by atoms with E-state index in [2.05, 4.69) is 26.2 Å². The van der Waals surface area contributed by atoms with E-state index in [-0.39, 0.29) is 5.91 Å². The van der Waals surface area contributed by atoms with Crippen LogP contribution in [0.1, 0.15) is 23.0 Å². The summed E-state index contributed by atoms with van der Waals surface area (Å²) in [4.78, 5) is 15.1. The Hall–Kier alpha value is -1.29. The summed E-state index contributed by atoms with van der Waals surface area (Å²) in [5, 5.41) is 3.78. The number of nitrogens with one attached hydrogen (secondary N) is 2. The maximum Gasteiger partial charge on any atom is 0.253 e. The average Bonchev–Trinajstić information content (AvgIpc) is 2.53. The van der Waals surface area contributed by atoms with Gasteiger partial charge in [-0.3, -0.25) is 4.79 Å². The molecule has 0 unspecified atom stereocenters. The molecule has 0 saturated heterocycles. The van der Waals surface area contributed by atoms with E-state index in [9.17, 15) is 4.79 Å². The molecule has 2 aromatic rings. The number of aromatic nitrogens is 1. The largest absolute Gasteiger partial charge is 0.358 e. The lowest BCUT2D eigenvalue weighted by Crippen LogP contribution is -2.23. The van der Waals surface area contributed by atoms with E-state index >= 15 is 0 Å².